The quantitative estimate of drug-likeness (QED) is 0.459. The molecule has 1 aromatic rings. The number of hydrogen-bond donors (Lipinski definition) is 0. The maximum Gasteiger partial charge on any atom is 0.514 e. The van der Waals surface area contributed by atoms with E-state index in [2.05, 4.69) is 4.74 Å². The molecule has 0 amide bonds. The van der Waals surface area contributed by atoms with Crippen molar-refractivity contribution in [2.24, 2.45) is 0 Å². The molecule has 0 bridgehead atoms. The molecule has 1 aromatic carbocycles. The fraction of sp³-hybridized carbons (Fsp3) is 0.125. The van der Waals surface area contributed by atoms with Crippen LogP contribution in [0.25, 0.3) is 0 Å². The molecule has 3 nitrogen and oxygen atoms in total. The van der Waals surface area contributed by atoms with Crippen molar-refractivity contribution in [2.45, 2.75) is 6.61 Å². The number of carbonyl (C=O) groups excluding carboxylic acids is 1. The van der Waals surface area contributed by atoms with Crippen LogP contribution in [0.15, 0.2) is 18.2 Å². The lowest BCUT2D eigenvalue weighted by Crippen LogP contribution is -2.17. The van der Waals surface area contributed by atoms with E-state index in [1.54, 1.807) is 18.2 Å². The first-order chi connectivity index (χ1) is 5.77. The molecule has 1 aliphatic rings. The van der Waals surface area contributed by atoms with Crippen molar-refractivity contribution in [2.75, 3.05) is 0 Å². The highest BCUT2D eigenvalue weighted by Crippen LogP contribution is 2.30. The maximum absolute atomic E-state index is 10.6. The van der Waals surface area contributed by atoms with Crippen LogP contribution in [0.5, 0.6) is 5.75 Å². The molecule has 1 heterocycles. The molecular weight excluding hydrogens is 180 g/mol. The maximum atomic E-state index is 10.6. The molecule has 12 heavy (non-hydrogen) atoms. The van der Waals surface area contributed by atoms with E-state index >= 15 is 0 Å². The van der Waals surface area contributed by atoms with Crippen molar-refractivity contribution in [3.8, 4) is 5.75 Å². The van der Waals surface area contributed by atoms with E-state index in [-0.39, 0.29) is 6.61 Å². The molecule has 4 heteroatoms. The average Bonchev–Trinajstić information content (AvgIpc) is 2.04. The predicted molar refractivity (Wildman–Crippen MR) is 42.3 cm³/mol. The van der Waals surface area contributed by atoms with Gasteiger partial charge in [-0.05, 0) is 12.1 Å². The Balaban J connectivity index is 2.48. The van der Waals surface area contributed by atoms with Crippen molar-refractivity contribution in [1.29, 1.82) is 0 Å². The summed E-state index contributed by atoms with van der Waals surface area (Å²) in [7, 11) is 0. The van der Waals surface area contributed by atoms with Crippen LogP contribution in [0.2, 0.25) is 5.02 Å². The summed E-state index contributed by atoms with van der Waals surface area (Å²) < 4.78 is 9.41. The largest absolute Gasteiger partial charge is 0.514 e. The van der Waals surface area contributed by atoms with Gasteiger partial charge in [0.25, 0.3) is 0 Å². The molecule has 62 valence electrons. The molecule has 0 fully saturated rings. The molecule has 0 saturated heterocycles. The highest BCUT2D eigenvalue weighted by Gasteiger charge is 2.19. The average molecular weight is 185 g/mol. The molecule has 0 aromatic heterocycles. The third-order valence-electron chi connectivity index (χ3n) is 1.60. The molecule has 0 atom stereocenters. The zero-order valence-electron chi connectivity index (χ0n) is 6.04. The molecule has 0 radical (unpaired) electrons. The molecule has 0 N–H and O–H groups in total. The molecule has 0 saturated carbocycles. The lowest BCUT2D eigenvalue weighted by molar-refractivity contribution is 0.0786. The monoisotopic (exact) mass is 184 g/mol. The first-order valence-electron chi connectivity index (χ1n) is 3.39. The van der Waals surface area contributed by atoms with E-state index in [1.165, 1.54) is 0 Å². The van der Waals surface area contributed by atoms with Crippen LogP contribution >= 0.6 is 11.6 Å². The summed E-state index contributed by atoms with van der Waals surface area (Å²) in [6.07, 6.45) is -0.676. The van der Waals surface area contributed by atoms with E-state index < -0.39 is 6.16 Å². The van der Waals surface area contributed by atoms with Gasteiger partial charge in [0, 0.05) is 0 Å². The van der Waals surface area contributed by atoms with Gasteiger partial charge in [-0.3, -0.25) is 0 Å². The Morgan fingerprint density at radius 3 is 3.08 bits per heavy atom. The third kappa shape index (κ3) is 1.12. The number of hydrogen-bond acceptors (Lipinski definition) is 3. The summed E-state index contributed by atoms with van der Waals surface area (Å²) in [5, 5.41) is 0.556. The number of fused-ring (bicyclic) bond motifs is 1. The highest BCUT2D eigenvalue weighted by molar-refractivity contribution is 6.31. The van der Waals surface area contributed by atoms with Crippen LogP contribution in [-0.2, 0) is 11.3 Å². The SMILES string of the molecule is O=C1OCc2c(Cl)cccc2O1. The molecule has 0 spiro atoms. The molecular formula is C8H5ClO3. The lowest BCUT2D eigenvalue weighted by atomic mass is 10.2. The predicted octanol–water partition coefficient (Wildman–Crippen LogP) is 2.37. The Hall–Kier alpha value is -1.22. The van der Waals surface area contributed by atoms with E-state index in [0.717, 1.165) is 5.56 Å². The normalized spacial score (nSPS) is 14.6. The Labute approximate surface area is 73.8 Å². The summed E-state index contributed by atoms with van der Waals surface area (Å²) in [6.45, 7) is 0.188. The Morgan fingerprint density at radius 1 is 1.42 bits per heavy atom. The van der Waals surface area contributed by atoms with E-state index in [4.69, 9.17) is 16.3 Å². The van der Waals surface area contributed by atoms with Gasteiger partial charge in [0.05, 0.1) is 10.6 Å². The zero-order chi connectivity index (χ0) is 8.55. The second kappa shape index (κ2) is 2.68. The number of benzene rings is 1. The smallest absolute Gasteiger partial charge is 0.429 e. The number of halogens is 1. The summed E-state index contributed by atoms with van der Waals surface area (Å²) in [4.78, 5) is 10.6. The first kappa shape index (κ1) is 7.43. The second-order valence-corrected chi connectivity index (χ2v) is 2.76. The Bertz CT molecular complexity index is 335. The fourth-order valence-electron chi connectivity index (χ4n) is 1.02. The van der Waals surface area contributed by atoms with Crippen molar-refractivity contribution in [1.82, 2.24) is 0 Å². The summed E-state index contributed by atoms with van der Waals surface area (Å²) in [6, 6.07) is 5.13. The first-order valence-corrected chi connectivity index (χ1v) is 3.77. The standard InChI is InChI=1S/C8H5ClO3/c9-6-2-1-3-7-5(6)4-11-8(10)12-7/h1-3H,4H2. The van der Waals surface area contributed by atoms with Gasteiger partial charge < -0.3 is 9.47 Å². The second-order valence-electron chi connectivity index (χ2n) is 2.36. The van der Waals surface area contributed by atoms with Crippen molar-refractivity contribution in [3.05, 3.63) is 28.8 Å². The van der Waals surface area contributed by atoms with Crippen molar-refractivity contribution in [3.63, 3.8) is 0 Å². The zero-order valence-corrected chi connectivity index (χ0v) is 6.80. The van der Waals surface area contributed by atoms with E-state index in [0.29, 0.717) is 10.8 Å². The van der Waals surface area contributed by atoms with Crippen LogP contribution in [0, 0.1) is 0 Å². The van der Waals surface area contributed by atoms with Crippen LogP contribution < -0.4 is 4.74 Å². The number of ether oxygens (including phenoxy) is 2. The number of cyclic esters (lactones) is 1. The van der Waals surface area contributed by atoms with Gasteiger partial charge in [-0.1, -0.05) is 17.7 Å². The minimum Gasteiger partial charge on any atom is -0.429 e. The fourth-order valence-corrected chi connectivity index (χ4v) is 1.25. The summed E-state index contributed by atoms with van der Waals surface area (Å²) in [5.41, 5.74) is 0.721. The number of rotatable bonds is 0. The molecule has 0 unspecified atom stereocenters. The van der Waals surface area contributed by atoms with Crippen LogP contribution in [-0.4, -0.2) is 6.16 Å². The van der Waals surface area contributed by atoms with E-state index in [9.17, 15) is 4.79 Å². The topological polar surface area (TPSA) is 35.5 Å². The van der Waals surface area contributed by atoms with Crippen LogP contribution in [0.4, 0.5) is 4.79 Å². The van der Waals surface area contributed by atoms with Gasteiger partial charge in [0.2, 0.25) is 0 Å². The molecule has 1 aliphatic heterocycles. The minimum absolute atomic E-state index is 0.188. The van der Waals surface area contributed by atoms with Crippen LogP contribution in [0.1, 0.15) is 5.56 Å². The van der Waals surface area contributed by atoms with Gasteiger partial charge in [0.1, 0.15) is 12.4 Å². The number of carbonyl (C=O) groups is 1. The van der Waals surface area contributed by atoms with Crippen LogP contribution in [0.3, 0.4) is 0 Å². The Kier molecular flexibility index (Phi) is 1.66. The highest BCUT2D eigenvalue weighted by atomic mass is 35.5. The summed E-state index contributed by atoms with van der Waals surface area (Å²) in [5.74, 6) is 0.485. The third-order valence-corrected chi connectivity index (χ3v) is 1.96. The minimum atomic E-state index is -0.676. The lowest BCUT2D eigenvalue weighted by Gasteiger charge is -2.16. The van der Waals surface area contributed by atoms with Gasteiger partial charge in [-0.2, -0.15) is 0 Å². The van der Waals surface area contributed by atoms with Crippen molar-refractivity contribution >= 4 is 17.8 Å². The van der Waals surface area contributed by atoms with Gasteiger partial charge in [-0.15, -0.1) is 0 Å². The Morgan fingerprint density at radius 2 is 2.25 bits per heavy atom. The molecule has 2 rings (SSSR count). The van der Waals surface area contributed by atoms with E-state index in [1.807, 2.05) is 0 Å². The van der Waals surface area contributed by atoms with Gasteiger partial charge >= 0.3 is 6.16 Å². The van der Waals surface area contributed by atoms with Gasteiger partial charge in [-0.25, -0.2) is 4.79 Å². The summed E-state index contributed by atoms with van der Waals surface area (Å²) >= 11 is 5.82. The van der Waals surface area contributed by atoms with Crippen molar-refractivity contribution < 1.29 is 14.3 Å². The molecule has 0 aliphatic carbocycles. The van der Waals surface area contributed by atoms with Gasteiger partial charge in [0.15, 0.2) is 0 Å².